The van der Waals surface area contributed by atoms with Crippen LogP contribution >= 0.6 is 0 Å². The molecular weight excluding hydrogens is 524 g/mol. The van der Waals surface area contributed by atoms with Crippen LogP contribution in [0.25, 0.3) is 10.8 Å². The molecule has 0 spiro atoms. The Balaban J connectivity index is 1.56. The van der Waals surface area contributed by atoms with Crippen LogP contribution < -0.4 is 4.74 Å². The van der Waals surface area contributed by atoms with Gasteiger partial charge in [-0.2, -0.15) is 26.3 Å². The van der Waals surface area contributed by atoms with Crippen molar-refractivity contribution in [3.05, 3.63) is 41.5 Å². The Kier molecular flexibility index (Phi) is 9.03. The van der Waals surface area contributed by atoms with Gasteiger partial charge in [0.1, 0.15) is 11.3 Å². The Hall–Kier alpha value is -2.49. The average molecular weight is 560 g/mol. The maximum Gasteiger partial charge on any atom is 0.420 e. The quantitative estimate of drug-likeness (QED) is 0.255. The Morgan fingerprint density at radius 1 is 1.00 bits per heavy atom. The lowest BCUT2D eigenvalue weighted by atomic mass is 9.87. The van der Waals surface area contributed by atoms with E-state index in [0.717, 1.165) is 12.8 Å². The molecular formula is C29H35F6NO3. The van der Waals surface area contributed by atoms with Crippen LogP contribution in [-0.2, 0) is 22.3 Å². The van der Waals surface area contributed by atoms with Crippen LogP contribution in [-0.4, -0.2) is 42.3 Å². The standard InChI is InChI=1S/C29H35F6NO3/c1-18(2)38-25(37)15-19-5-4-14-36(16-19)17-21-7-3-6-20-8-13-24(27(26(20)21)29(33,34)35)39-23-11-9-22(10-12-23)28(30,31)32/h3,6-8,13,18-19,22-23H,4-5,9-12,14-17H2,1-2H3/t19-,22-,23+/m1/s1. The van der Waals surface area contributed by atoms with Crippen molar-refractivity contribution in [2.75, 3.05) is 13.1 Å². The summed E-state index contributed by atoms with van der Waals surface area (Å²) < 4.78 is 93.7. The van der Waals surface area contributed by atoms with E-state index in [1.54, 1.807) is 38.1 Å². The van der Waals surface area contributed by atoms with Crippen molar-refractivity contribution in [2.24, 2.45) is 11.8 Å². The summed E-state index contributed by atoms with van der Waals surface area (Å²) in [5.41, 5.74) is -0.390. The van der Waals surface area contributed by atoms with Gasteiger partial charge in [0.15, 0.2) is 0 Å². The third kappa shape index (κ3) is 7.58. The van der Waals surface area contributed by atoms with E-state index >= 15 is 0 Å². The van der Waals surface area contributed by atoms with E-state index < -0.39 is 29.9 Å². The van der Waals surface area contributed by atoms with E-state index in [2.05, 4.69) is 4.90 Å². The Bertz CT molecular complexity index is 1140. The fraction of sp³-hybridized carbons (Fsp3) is 0.621. The van der Waals surface area contributed by atoms with E-state index in [1.165, 1.54) is 6.07 Å². The van der Waals surface area contributed by atoms with Crippen LogP contribution in [0.2, 0.25) is 0 Å². The van der Waals surface area contributed by atoms with Gasteiger partial charge in [0, 0.05) is 24.9 Å². The highest BCUT2D eigenvalue weighted by atomic mass is 19.4. The molecule has 0 aromatic heterocycles. The number of carbonyl (C=O) groups excluding carboxylic acids is 1. The molecule has 4 rings (SSSR count). The van der Waals surface area contributed by atoms with Crippen molar-refractivity contribution >= 4 is 16.7 Å². The first-order valence-electron chi connectivity index (χ1n) is 13.6. The van der Waals surface area contributed by atoms with Gasteiger partial charge < -0.3 is 9.47 Å². The lowest BCUT2D eigenvalue weighted by Crippen LogP contribution is -2.36. The Labute approximate surface area is 224 Å². The molecule has 0 amide bonds. The summed E-state index contributed by atoms with van der Waals surface area (Å²) in [7, 11) is 0. The molecule has 0 radical (unpaired) electrons. The van der Waals surface area contributed by atoms with Crippen LogP contribution in [0.5, 0.6) is 5.75 Å². The molecule has 2 fully saturated rings. The van der Waals surface area contributed by atoms with E-state index in [0.29, 0.717) is 24.0 Å². The average Bonchev–Trinajstić information content (AvgIpc) is 2.83. The number of hydrogen-bond donors (Lipinski definition) is 0. The van der Waals surface area contributed by atoms with Crippen LogP contribution in [0.1, 0.15) is 69.9 Å². The second kappa shape index (κ2) is 11.9. The van der Waals surface area contributed by atoms with Crippen molar-refractivity contribution in [3.8, 4) is 5.75 Å². The monoisotopic (exact) mass is 559 g/mol. The largest absolute Gasteiger partial charge is 0.490 e. The van der Waals surface area contributed by atoms with Gasteiger partial charge in [-0.25, -0.2) is 0 Å². The van der Waals surface area contributed by atoms with E-state index in [1.807, 2.05) is 0 Å². The molecule has 1 aliphatic heterocycles. The smallest absolute Gasteiger partial charge is 0.420 e. The predicted molar refractivity (Wildman–Crippen MR) is 135 cm³/mol. The maximum atomic E-state index is 14.5. The summed E-state index contributed by atoms with van der Waals surface area (Å²) in [6.45, 7) is 5.12. The minimum absolute atomic E-state index is 0.0489. The highest BCUT2D eigenvalue weighted by Crippen LogP contribution is 2.45. The minimum atomic E-state index is -4.72. The molecule has 1 heterocycles. The number of rotatable bonds is 7. The molecule has 2 aliphatic rings. The van der Waals surface area contributed by atoms with Gasteiger partial charge >= 0.3 is 18.3 Å². The molecule has 0 unspecified atom stereocenters. The van der Waals surface area contributed by atoms with E-state index in [9.17, 15) is 31.1 Å². The number of alkyl halides is 6. The lowest BCUT2D eigenvalue weighted by molar-refractivity contribution is -0.185. The Morgan fingerprint density at radius 3 is 2.36 bits per heavy atom. The summed E-state index contributed by atoms with van der Waals surface area (Å²) in [6, 6.07) is 7.87. The van der Waals surface area contributed by atoms with Gasteiger partial charge in [-0.05, 0) is 81.9 Å². The van der Waals surface area contributed by atoms with Crippen molar-refractivity contribution in [1.29, 1.82) is 0 Å². The van der Waals surface area contributed by atoms with Crippen molar-refractivity contribution in [2.45, 2.75) is 89.9 Å². The third-order valence-corrected chi connectivity index (χ3v) is 7.63. The number of halogens is 6. The first-order chi connectivity index (χ1) is 18.3. The summed E-state index contributed by atoms with van der Waals surface area (Å²) in [5.74, 6) is -1.99. The van der Waals surface area contributed by atoms with Crippen LogP contribution in [0.4, 0.5) is 26.3 Å². The predicted octanol–water partition coefficient (Wildman–Crippen LogP) is 7.91. The number of esters is 1. The fourth-order valence-corrected chi connectivity index (χ4v) is 5.88. The number of piperidine rings is 1. The number of fused-ring (bicyclic) bond motifs is 1. The van der Waals surface area contributed by atoms with E-state index in [4.69, 9.17) is 9.47 Å². The zero-order valence-electron chi connectivity index (χ0n) is 22.2. The second-order valence-corrected chi connectivity index (χ2v) is 11.1. The Morgan fingerprint density at radius 2 is 1.72 bits per heavy atom. The zero-order chi connectivity index (χ0) is 28.4. The summed E-state index contributed by atoms with van der Waals surface area (Å²) in [5, 5.41) is 0.467. The summed E-state index contributed by atoms with van der Waals surface area (Å²) in [6.07, 6.45) is -8.20. The van der Waals surface area contributed by atoms with E-state index in [-0.39, 0.29) is 67.8 Å². The second-order valence-electron chi connectivity index (χ2n) is 11.1. The SMILES string of the molecule is CC(C)OC(=O)C[C@H]1CCCN(Cc2cccc3ccc(O[C@H]4CC[C@@H](C(F)(F)F)CC4)c(C(F)(F)F)c23)C1. The molecule has 2 aromatic carbocycles. The molecule has 0 N–H and O–H groups in total. The number of likely N-dealkylation sites (tertiary alicyclic amines) is 1. The third-order valence-electron chi connectivity index (χ3n) is 7.63. The molecule has 1 atom stereocenters. The molecule has 1 aliphatic carbocycles. The topological polar surface area (TPSA) is 38.8 Å². The van der Waals surface area contributed by atoms with Crippen LogP contribution in [0.15, 0.2) is 30.3 Å². The van der Waals surface area contributed by atoms with Crippen LogP contribution in [0, 0.1) is 11.8 Å². The first kappa shape index (κ1) is 29.5. The first-order valence-corrected chi connectivity index (χ1v) is 13.6. The molecule has 4 nitrogen and oxygen atoms in total. The number of ether oxygens (including phenoxy) is 2. The lowest BCUT2D eigenvalue weighted by Gasteiger charge is -2.33. The van der Waals surface area contributed by atoms with Gasteiger partial charge in [0.25, 0.3) is 0 Å². The number of benzene rings is 2. The van der Waals surface area contributed by atoms with Gasteiger partial charge in [0.2, 0.25) is 0 Å². The van der Waals surface area contributed by atoms with Crippen molar-refractivity contribution in [1.82, 2.24) is 4.90 Å². The maximum absolute atomic E-state index is 14.5. The number of hydrogen-bond acceptors (Lipinski definition) is 4. The molecule has 10 heteroatoms. The summed E-state index contributed by atoms with van der Waals surface area (Å²) >= 11 is 0. The minimum Gasteiger partial charge on any atom is -0.490 e. The van der Waals surface area contributed by atoms with Crippen LogP contribution in [0.3, 0.4) is 0 Å². The highest BCUT2D eigenvalue weighted by Gasteiger charge is 2.43. The number of carbonyl (C=O) groups is 1. The molecule has 2 aromatic rings. The molecule has 0 bridgehead atoms. The fourth-order valence-electron chi connectivity index (χ4n) is 5.88. The van der Waals surface area contributed by atoms with Gasteiger partial charge in [0.05, 0.1) is 18.1 Å². The van der Waals surface area contributed by atoms with Crippen molar-refractivity contribution in [3.63, 3.8) is 0 Å². The van der Waals surface area contributed by atoms with Crippen molar-refractivity contribution < 1.29 is 40.6 Å². The van der Waals surface area contributed by atoms with Gasteiger partial charge in [-0.3, -0.25) is 9.69 Å². The molecule has 39 heavy (non-hydrogen) atoms. The molecule has 216 valence electrons. The normalized spacial score (nSPS) is 23.3. The summed E-state index contributed by atoms with van der Waals surface area (Å²) in [4.78, 5) is 14.2. The molecule has 1 saturated heterocycles. The van der Waals surface area contributed by atoms with Gasteiger partial charge in [-0.1, -0.05) is 24.3 Å². The van der Waals surface area contributed by atoms with Gasteiger partial charge in [-0.15, -0.1) is 0 Å². The highest BCUT2D eigenvalue weighted by molar-refractivity contribution is 5.91. The number of nitrogens with zero attached hydrogens (tertiary/aromatic N) is 1. The molecule has 1 saturated carbocycles. The zero-order valence-corrected chi connectivity index (χ0v) is 22.2.